The smallest absolute Gasteiger partial charge is 0.313 e. The highest BCUT2D eigenvalue weighted by atomic mass is 32.2. The van der Waals surface area contributed by atoms with Crippen LogP contribution in [0.25, 0.3) is 0 Å². The SMILES string of the molecule is Cc1ccc(C)c(S(=O)(=O)N2CCCCC2CCNC(=O)C(=O)Nc2c(C)cccc2C)c1. The van der Waals surface area contributed by atoms with Gasteiger partial charge in [0.05, 0.1) is 4.90 Å². The van der Waals surface area contributed by atoms with Gasteiger partial charge in [-0.2, -0.15) is 4.31 Å². The van der Waals surface area contributed by atoms with Gasteiger partial charge in [-0.3, -0.25) is 9.59 Å². The van der Waals surface area contributed by atoms with Crippen molar-refractivity contribution < 1.29 is 18.0 Å². The predicted molar refractivity (Wildman–Crippen MR) is 130 cm³/mol. The van der Waals surface area contributed by atoms with E-state index in [1.165, 1.54) is 0 Å². The second kappa shape index (κ2) is 10.5. The number of amides is 2. The fourth-order valence-corrected chi connectivity index (χ4v) is 6.34. The highest BCUT2D eigenvalue weighted by Crippen LogP contribution is 2.29. The van der Waals surface area contributed by atoms with Gasteiger partial charge in [0, 0.05) is 24.8 Å². The van der Waals surface area contributed by atoms with Gasteiger partial charge in [0.2, 0.25) is 10.0 Å². The maximum atomic E-state index is 13.4. The molecule has 0 radical (unpaired) electrons. The minimum absolute atomic E-state index is 0.217. The molecular formula is C25H33N3O4S. The summed E-state index contributed by atoms with van der Waals surface area (Å²) in [4.78, 5) is 25.0. The summed E-state index contributed by atoms with van der Waals surface area (Å²) in [5.74, 6) is -1.45. The van der Waals surface area contributed by atoms with E-state index < -0.39 is 21.8 Å². The number of piperidine rings is 1. The molecule has 1 saturated heterocycles. The molecule has 8 heteroatoms. The summed E-state index contributed by atoms with van der Waals surface area (Å²) in [5.41, 5.74) is 4.02. The van der Waals surface area contributed by atoms with Crippen LogP contribution in [0.2, 0.25) is 0 Å². The summed E-state index contributed by atoms with van der Waals surface area (Å²) < 4.78 is 28.4. The Morgan fingerprint density at radius 2 is 1.67 bits per heavy atom. The minimum atomic E-state index is -3.64. The Hall–Kier alpha value is -2.71. The van der Waals surface area contributed by atoms with Crippen molar-refractivity contribution in [2.24, 2.45) is 0 Å². The van der Waals surface area contributed by atoms with Gasteiger partial charge in [-0.05, 0) is 75.3 Å². The monoisotopic (exact) mass is 471 g/mol. The lowest BCUT2D eigenvalue weighted by Gasteiger charge is -2.35. The van der Waals surface area contributed by atoms with Crippen molar-refractivity contribution in [3.8, 4) is 0 Å². The molecule has 0 bridgehead atoms. The number of nitrogens with one attached hydrogen (secondary N) is 2. The molecule has 3 rings (SSSR count). The number of para-hydroxylation sites is 1. The molecule has 1 aliphatic heterocycles. The van der Waals surface area contributed by atoms with Gasteiger partial charge >= 0.3 is 11.8 Å². The average Bonchev–Trinajstić information content (AvgIpc) is 2.78. The Morgan fingerprint density at radius 3 is 2.36 bits per heavy atom. The van der Waals surface area contributed by atoms with E-state index in [-0.39, 0.29) is 12.6 Å². The Labute approximate surface area is 196 Å². The lowest BCUT2D eigenvalue weighted by molar-refractivity contribution is -0.136. The third-order valence-electron chi connectivity index (χ3n) is 6.19. The molecule has 33 heavy (non-hydrogen) atoms. The van der Waals surface area contributed by atoms with Crippen LogP contribution < -0.4 is 10.6 Å². The zero-order valence-electron chi connectivity index (χ0n) is 19.8. The normalized spacial score (nSPS) is 16.9. The first-order valence-corrected chi connectivity index (χ1v) is 12.8. The Bertz CT molecular complexity index is 1120. The lowest BCUT2D eigenvalue weighted by atomic mass is 10.0. The number of hydrogen-bond acceptors (Lipinski definition) is 4. The first-order chi connectivity index (χ1) is 15.6. The molecule has 1 heterocycles. The van der Waals surface area contributed by atoms with Gasteiger partial charge in [0.1, 0.15) is 0 Å². The predicted octanol–water partition coefficient (Wildman–Crippen LogP) is 3.61. The molecule has 1 atom stereocenters. The van der Waals surface area contributed by atoms with Crippen LogP contribution in [0.1, 0.15) is 47.9 Å². The average molecular weight is 472 g/mol. The number of nitrogens with zero attached hydrogens (tertiary/aromatic N) is 1. The molecule has 0 aromatic heterocycles. The molecule has 2 amide bonds. The van der Waals surface area contributed by atoms with E-state index in [0.29, 0.717) is 23.5 Å². The van der Waals surface area contributed by atoms with Crippen LogP contribution in [0, 0.1) is 27.7 Å². The van der Waals surface area contributed by atoms with Gasteiger partial charge in [0.15, 0.2) is 0 Å². The van der Waals surface area contributed by atoms with Crippen LogP contribution in [-0.2, 0) is 19.6 Å². The van der Waals surface area contributed by atoms with Crippen LogP contribution in [0.3, 0.4) is 0 Å². The summed E-state index contributed by atoms with van der Waals surface area (Å²) in [5, 5.41) is 5.32. The van der Waals surface area contributed by atoms with Crippen LogP contribution >= 0.6 is 0 Å². The van der Waals surface area contributed by atoms with Crippen molar-refractivity contribution in [2.45, 2.75) is 64.3 Å². The minimum Gasteiger partial charge on any atom is -0.348 e. The second-order valence-corrected chi connectivity index (χ2v) is 10.7. The van der Waals surface area contributed by atoms with E-state index in [1.807, 2.05) is 51.1 Å². The number of aryl methyl sites for hydroxylation is 4. The highest BCUT2D eigenvalue weighted by Gasteiger charge is 2.34. The molecule has 178 valence electrons. The van der Waals surface area contributed by atoms with Crippen LogP contribution in [0.4, 0.5) is 5.69 Å². The van der Waals surface area contributed by atoms with E-state index in [1.54, 1.807) is 17.3 Å². The van der Waals surface area contributed by atoms with E-state index >= 15 is 0 Å². The third kappa shape index (κ3) is 5.81. The van der Waals surface area contributed by atoms with Gasteiger partial charge in [-0.15, -0.1) is 0 Å². The number of carbonyl (C=O) groups is 2. The van der Waals surface area contributed by atoms with Crippen molar-refractivity contribution in [3.63, 3.8) is 0 Å². The second-order valence-electron chi connectivity index (χ2n) is 8.80. The van der Waals surface area contributed by atoms with Crippen molar-refractivity contribution in [2.75, 3.05) is 18.4 Å². The van der Waals surface area contributed by atoms with E-state index in [0.717, 1.165) is 41.5 Å². The number of benzene rings is 2. The fraction of sp³-hybridized carbons (Fsp3) is 0.440. The Kier molecular flexibility index (Phi) is 7.92. The van der Waals surface area contributed by atoms with Crippen molar-refractivity contribution in [3.05, 3.63) is 58.7 Å². The Balaban J connectivity index is 1.63. The summed E-state index contributed by atoms with van der Waals surface area (Å²) in [7, 11) is -3.64. The topological polar surface area (TPSA) is 95.6 Å². The molecule has 1 fully saturated rings. The number of carbonyl (C=O) groups excluding carboxylic acids is 2. The number of anilines is 1. The molecule has 2 aromatic rings. The molecular weight excluding hydrogens is 438 g/mol. The molecule has 1 aliphatic rings. The highest BCUT2D eigenvalue weighted by molar-refractivity contribution is 7.89. The summed E-state index contributed by atoms with van der Waals surface area (Å²) in [6, 6.07) is 10.9. The summed E-state index contributed by atoms with van der Waals surface area (Å²) in [6.07, 6.45) is 2.93. The number of sulfonamides is 1. The van der Waals surface area contributed by atoms with E-state index in [9.17, 15) is 18.0 Å². The van der Waals surface area contributed by atoms with Gasteiger partial charge in [-0.25, -0.2) is 8.42 Å². The number of rotatable bonds is 6. The zero-order valence-corrected chi connectivity index (χ0v) is 20.6. The van der Waals surface area contributed by atoms with Crippen LogP contribution in [0.5, 0.6) is 0 Å². The molecule has 0 spiro atoms. The fourth-order valence-electron chi connectivity index (χ4n) is 4.30. The van der Waals surface area contributed by atoms with Crippen LogP contribution in [-0.4, -0.2) is 43.7 Å². The first kappa shape index (κ1) is 24.9. The van der Waals surface area contributed by atoms with Gasteiger partial charge < -0.3 is 10.6 Å². The summed E-state index contributed by atoms with van der Waals surface area (Å²) in [6.45, 7) is 8.11. The summed E-state index contributed by atoms with van der Waals surface area (Å²) >= 11 is 0. The molecule has 2 aromatic carbocycles. The third-order valence-corrected chi connectivity index (χ3v) is 8.29. The molecule has 0 aliphatic carbocycles. The maximum absolute atomic E-state index is 13.4. The Morgan fingerprint density at radius 1 is 0.970 bits per heavy atom. The maximum Gasteiger partial charge on any atom is 0.313 e. The zero-order chi connectivity index (χ0) is 24.2. The quantitative estimate of drug-likeness (QED) is 0.629. The van der Waals surface area contributed by atoms with Crippen molar-refractivity contribution >= 4 is 27.5 Å². The molecule has 2 N–H and O–H groups in total. The van der Waals surface area contributed by atoms with Crippen molar-refractivity contribution in [1.82, 2.24) is 9.62 Å². The van der Waals surface area contributed by atoms with Gasteiger partial charge in [-0.1, -0.05) is 36.8 Å². The number of hydrogen-bond donors (Lipinski definition) is 2. The van der Waals surface area contributed by atoms with Crippen LogP contribution in [0.15, 0.2) is 41.3 Å². The lowest BCUT2D eigenvalue weighted by Crippen LogP contribution is -2.46. The van der Waals surface area contributed by atoms with Gasteiger partial charge in [0.25, 0.3) is 0 Å². The van der Waals surface area contributed by atoms with E-state index in [4.69, 9.17) is 0 Å². The largest absolute Gasteiger partial charge is 0.348 e. The van der Waals surface area contributed by atoms with E-state index in [2.05, 4.69) is 10.6 Å². The van der Waals surface area contributed by atoms with Crippen molar-refractivity contribution in [1.29, 1.82) is 0 Å². The molecule has 0 saturated carbocycles. The molecule has 1 unspecified atom stereocenters. The molecule has 7 nitrogen and oxygen atoms in total. The first-order valence-electron chi connectivity index (χ1n) is 11.4. The standard InChI is InChI=1S/C25H33N3O4S/c1-17-11-12-18(2)22(16-17)33(31,32)28-15-6-5-10-21(28)13-14-26-24(29)25(30)27-23-19(3)8-7-9-20(23)4/h7-9,11-12,16,21H,5-6,10,13-15H2,1-4H3,(H,26,29)(H,27,30).